The molecule has 3 aromatic rings. The minimum atomic E-state index is -0.399. The quantitative estimate of drug-likeness (QED) is 0.178. The second kappa shape index (κ2) is 12.2. The molecule has 5 nitrogen and oxygen atoms in total. The number of unbranched alkanes of at least 4 members (excludes halogenated alkanes) is 1. The minimum absolute atomic E-state index is 0.338. The number of hydrogen-bond donors (Lipinski definition) is 1. The SMILES string of the molecule is CCCCOC(=O)NCc1ccccc1-c1ccccc1/C=C/c1ccc(OC(C)=O)cc1. The Bertz CT molecular complexity index is 1100. The second-order valence-corrected chi connectivity index (χ2v) is 7.58. The van der Waals surface area contributed by atoms with E-state index in [4.69, 9.17) is 9.47 Å². The monoisotopic (exact) mass is 443 g/mol. The molecule has 3 aromatic carbocycles. The molecule has 0 fully saturated rings. The number of nitrogens with one attached hydrogen (secondary N) is 1. The van der Waals surface area contributed by atoms with Crippen molar-refractivity contribution in [3.05, 3.63) is 89.5 Å². The summed E-state index contributed by atoms with van der Waals surface area (Å²) in [5.41, 5.74) is 5.18. The lowest BCUT2D eigenvalue weighted by molar-refractivity contribution is -0.131. The Labute approximate surface area is 195 Å². The van der Waals surface area contributed by atoms with Gasteiger partial charge in [0, 0.05) is 13.5 Å². The van der Waals surface area contributed by atoms with E-state index in [0.29, 0.717) is 18.9 Å². The summed E-state index contributed by atoms with van der Waals surface area (Å²) in [5, 5.41) is 2.85. The van der Waals surface area contributed by atoms with Crippen LogP contribution in [0.15, 0.2) is 72.8 Å². The first-order chi connectivity index (χ1) is 16.1. The molecule has 0 saturated carbocycles. The summed E-state index contributed by atoms with van der Waals surface area (Å²) >= 11 is 0. The van der Waals surface area contributed by atoms with Gasteiger partial charge in [0.25, 0.3) is 0 Å². The van der Waals surface area contributed by atoms with E-state index in [1.807, 2.05) is 48.5 Å². The van der Waals surface area contributed by atoms with E-state index in [2.05, 4.69) is 36.5 Å². The van der Waals surface area contributed by atoms with Gasteiger partial charge in [-0.25, -0.2) is 4.79 Å². The molecule has 0 aliphatic carbocycles. The molecular weight excluding hydrogens is 414 g/mol. The minimum Gasteiger partial charge on any atom is -0.450 e. The second-order valence-electron chi connectivity index (χ2n) is 7.58. The van der Waals surface area contributed by atoms with Crippen molar-refractivity contribution in [3.8, 4) is 16.9 Å². The predicted molar refractivity (Wildman–Crippen MR) is 132 cm³/mol. The number of ether oxygens (including phenoxy) is 2. The normalized spacial score (nSPS) is 10.7. The molecule has 0 aliphatic rings. The number of benzene rings is 3. The van der Waals surface area contributed by atoms with Crippen molar-refractivity contribution in [3.63, 3.8) is 0 Å². The first kappa shape index (κ1) is 23.8. The fourth-order valence-electron chi connectivity index (χ4n) is 3.35. The molecular formula is C28H29NO4. The Morgan fingerprint density at radius 3 is 2.30 bits per heavy atom. The predicted octanol–water partition coefficient (Wildman–Crippen LogP) is 6.48. The number of hydrogen-bond acceptors (Lipinski definition) is 4. The van der Waals surface area contributed by atoms with E-state index >= 15 is 0 Å². The largest absolute Gasteiger partial charge is 0.450 e. The summed E-state index contributed by atoms with van der Waals surface area (Å²) < 4.78 is 10.3. The third-order valence-electron chi connectivity index (χ3n) is 5.02. The molecule has 0 bridgehead atoms. The smallest absolute Gasteiger partial charge is 0.407 e. The first-order valence-electron chi connectivity index (χ1n) is 11.1. The van der Waals surface area contributed by atoms with Gasteiger partial charge in [-0.2, -0.15) is 0 Å². The van der Waals surface area contributed by atoms with Crippen LogP contribution in [-0.4, -0.2) is 18.7 Å². The number of esters is 1. The van der Waals surface area contributed by atoms with Gasteiger partial charge in [-0.1, -0.05) is 86.2 Å². The molecule has 170 valence electrons. The highest BCUT2D eigenvalue weighted by molar-refractivity contribution is 5.82. The molecule has 0 heterocycles. The van der Waals surface area contributed by atoms with Gasteiger partial charge in [-0.3, -0.25) is 4.79 Å². The Balaban J connectivity index is 1.77. The molecule has 0 saturated heterocycles. The molecule has 0 spiro atoms. The summed E-state index contributed by atoms with van der Waals surface area (Å²) in [4.78, 5) is 23.1. The maximum atomic E-state index is 12.0. The number of carbonyl (C=O) groups is 2. The maximum absolute atomic E-state index is 12.0. The van der Waals surface area contributed by atoms with Crippen LogP contribution in [0.2, 0.25) is 0 Å². The van der Waals surface area contributed by atoms with E-state index in [9.17, 15) is 9.59 Å². The van der Waals surface area contributed by atoms with Crippen molar-refractivity contribution in [2.45, 2.75) is 33.2 Å². The van der Waals surface area contributed by atoms with Crippen LogP contribution in [0.5, 0.6) is 5.75 Å². The zero-order valence-corrected chi connectivity index (χ0v) is 19.0. The zero-order valence-electron chi connectivity index (χ0n) is 19.0. The number of amides is 1. The van der Waals surface area contributed by atoms with Crippen molar-refractivity contribution in [1.82, 2.24) is 5.32 Å². The van der Waals surface area contributed by atoms with Crippen LogP contribution < -0.4 is 10.1 Å². The fourth-order valence-corrected chi connectivity index (χ4v) is 3.35. The van der Waals surface area contributed by atoms with Crippen LogP contribution >= 0.6 is 0 Å². The molecule has 0 aliphatic heterocycles. The van der Waals surface area contributed by atoms with Crippen molar-refractivity contribution < 1.29 is 19.1 Å². The van der Waals surface area contributed by atoms with E-state index < -0.39 is 6.09 Å². The third kappa shape index (κ3) is 7.35. The van der Waals surface area contributed by atoms with Gasteiger partial charge in [-0.15, -0.1) is 0 Å². The van der Waals surface area contributed by atoms with Crippen molar-refractivity contribution in [1.29, 1.82) is 0 Å². The molecule has 3 rings (SSSR count). The Hall–Kier alpha value is -3.86. The molecule has 5 heteroatoms. The van der Waals surface area contributed by atoms with E-state index in [1.54, 1.807) is 12.1 Å². The van der Waals surface area contributed by atoms with Gasteiger partial charge in [0.05, 0.1) is 6.61 Å². The van der Waals surface area contributed by atoms with Crippen LogP contribution in [0.1, 0.15) is 43.4 Å². The van der Waals surface area contributed by atoms with Crippen LogP contribution in [0, 0.1) is 0 Å². The Kier molecular flexibility index (Phi) is 8.83. The maximum Gasteiger partial charge on any atom is 0.407 e. The van der Waals surface area contributed by atoms with Crippen LogP contribution in [0.25, 0.3) is 23.3 Å². The summed E-state index contributed by atoms with van der Waals surface area (Å²) in [7, 11) is 0. The molecule has 0 atom stereocenters. The van der Waals surface area contributed by atoms with Crippen LogP contribution in [0.4, 0.5) is 4.79 Å². The fraction of sp³-hybridized carbons (Fsp3) is 0.214. The lowest BCUT2D eigenvalue weighted by Crippen LogP contribution is -2.24. The van der Waals surface area contributed by atoms with Crippen LogP contribution in [-0.2, 0) is 16.1 Å². The van der Waals surface area contributed by atoms with Crippen LogP contribution in [0.3, 0.4) is 0 Å². The highest BCUT2D eigenvalue weighted by Crippen LogP contribution is 2.28. The molecule has 0 radical (unpaired) electrons. The van der Waals surface area contributed by atoms with Gasteiger partial charge in [-0.05, 0) is 46.4 Å². The van der Waals surface area contributed by atoms with E-state index in [1.165, 1.54) is 6.92 Å². The molecule has 1 N–H and O–H groups in total. The Morgan fingerprint density at radius 2 is 1.58 bits per heavy atom. The molecule has 1 amide bonds. The van der Waals surface area contributed by atoms with Gasteiger partial charge >= 0.3 is 12.1 Å². The highest BCUT2D eigenvalue weighted by Gasteiger charge is 2.09. The average molecular weight is 444 g/mol. The lowest BCUT2D eigenvalue weighted by Gasteiger charge is -2.13. The van der Waals surface area contributed by atoms with Gasteiger partial charge < -0.3 is 14.8 Å². The highest BCUT2D eigenvalue weighted by atomic mass is 16.5. The van der Waals surface area contributed by atoms with Gasteiger partial charge in [0.2, 0.25) is 0 Å². The summed E-state index contributed by atoms with van der Waals surface area (Å²) in [6.45, 7) is 4.26. The van der Waals surface area contributed by atoms with Crippen molar-refractivity contribution in [2.75, 3.05) is 6.61 Å². The zero-order chi connectivity index (χ0) is 23.5. The van der Waals surface area contributed by atoms with Gasteiger partial charge in [0.1, 0.15) is 5.75 Å². The first-order valence-corrected chi connectivity index (χ1v) is 11.1. The summed E-state index contributed by atoms with van der Waals surface area (Å²) in [6, 6.07) is 23.5. The molecule has 33 heavy (non-hydrogen) atoms. The standard InChI is InChI=1S/C28H29NO4/c1-3-4-19-32-28(31)29-20-24-10-6-8-12-27(24)26-11-7-5-9-23(26)16-13-22-14-17-25(18-15-22)33-21(2)30/h5-18H,3-4,19-20H2,1-2H3,(H,29,31)/b16-13+. The average Bonchev–Trinajstić information content (AvgIpc) is 2.82. The molecule has 0 unspecified atom stereocenters. The topological polar surface area (TPSA) is 64.6 Å². The van der Waals surface area contributed by atoms with Crippen molar-refractivity contribution >= 4 is 24.2 Å². The lowest BCUT2D eigenvalue weighted by atomic mass is 9.95. The van der Waals surface area contributed by atoms with Gasteiger partial charge in [0.15, 0.2) is 0 Å². The van der Waals surface area contributed by atoms with Crippen molar-refractivity contribution in [2.24, 2.45) is 0 Å². The number of alkyl carbamates (subject to hydrolysis) is 1. The van der Waals surface area contributed by atoms with E-state index in [0.717, 1.165) is 40.7 Å². The summed E-state index contributed by atoms with van der Waals surface area (Å²) in [6.07, 6.45) is 5.51. The number of carbonyl (C=O) groups excluding carboxylic acids is 2. The summed E-state index contributed by atoms with van der Waals surface area (Å²) in [5.74, 6) is 0.185. The van der Waals surface area contributed by atoms with E-state index in [-0.39, 0.29) is 5.97 Å². The molecule has 0 aromatic heterocycles. The third-order valence-corrected chi connectivity index (χ3v) is 5.02. The Morgan fingerprint density at radius 1 is 0.879 bits per heavy atom. The number of rotatable bonds is 9.